The second kappa shape index (κ2) is 7.02. The standard InChI is InChI=1S/C15H24N4O2S/c1-11(2)18-3-5-21-13(10-18)7-14(20)16-8-12-9-19-4-6-22-15(19)17-12/h9,11,13H,3-8,10H2,1-2H3,(H,16,20). The van der Waals surface area contributed by atoms with E-state index in [1.54, 1.807) is 11.8 Å². The van der Waals surface area contributed by atoms with E-state index >= 15 is 0 Å². The first kappa shape index (κ1) is 15.8. The number of rotatable bonds is 5. The van der Waals surface area contributed by atoms with Gasteiger partial charge in [-0.15, -0.1) is 0 Å². The Labute approximate surface area is 135 Å². The summed E-state index contributed by atoms with van der Waals surface area (Å²) in [6.45, 7) is 8.37. The Balaban J connectivity index is 1.44. The molecular formula is C15H24N4O2S. The zero-order valence-electron chi connectivity index (χ0n) is 13.2. The van der Waals surface area contributed by atoms with Gasteiger partial charge in [0, 0.05) is 37.6 Å². The molecule has 2 aliphatic rings. The van der Waals surface area contributed by atoms with Crippen molar-refractivity contribution in [2.75, 3.05) is 25.4 Å². The maximum absolute atomic E-state index is 12.1. The van der Waals surface area contributed by atoms with Crippen molar-refractivity contribution in [2.45, 2.75) is 50.7 Å². The van der Waals surface area contributed by atoms with Crippen molar-refractivity contribution >= 4 is 17.7 Å². The number of aryl methyl sites for hydroxylation is 1. The number of nitrogens with one attached hydrogen (secondary N) is 1. The number of thioether (sulfide) groups is 1. The number of morpholine rings is 1. The molecule has 3 rings (SSSR count). The minimum Gasteiger partial charge on any atom is -0.375 e. The molecule has 1 unspecified atom stereocenters. The van der Waals surface area contributed by atoms with Gasteiger partial charge < -0.3 is 14.6 Å². The summed E-state index contributed by atoms with van der Waals surface area (Å²) in [5.41, 5.74) is 0.934. The Morgan fingerprint density at radius 2 is 2.41 bits per heavy atom. The molecule has 0 aliphatic carbocycles. The first-order valence-electron chi connectivity index (χ1n) is 7.93. The summed E-state index contributed by atoms with van der Waals surface area (Å²) < 4.78 is 7.85. The Kier molecular flexibility index (Phi) is 5.05. The summed E-state index contributed by atoms with van der Waals surface area (Å²) in [5.74, 6) is 1.14. The van der Waals surface area contributed by atoms with Crippen LogP contribution in [0.2, 0.25) is 0 Å². The molecule has 0 saturated carbocycles. The summed E-state index contributed by atoms with van der Waals surface area (Å²) in [4.78, 5) is 19.0. The molecule has 1 atom stereocenters. The molecular weight excluding hydrogens is 300 g/mol. The predicted molar refractivity (Wildman–Crippen MR) is 85.9 cm³/mol. The summed E-state index contributed by atoms with van der Waals surface area (Å²) in [5, 5.41) is 4.02. The molecule has 1 aromatic heterocycles. The monoisotopic (exact) mass is 324 g/mol. The quantitative estimate of drug-likeness (QED) is 0.879. The van der Waals surface area contributed by atoms with E-state index in [0.29, 0.717) is 25.6 Å². The Morgan fingerprint density at radius 3 is 3.18 bits per heavy atom. The minimum atomic E-state index is -0.00120. The zero-order chi connectivity index (χ0) is 15.5. The van der Waals surface area contributed by atoms with E-state index in [1.807, 2.05) is 6.20 Å². The lowest BCUT2D eigenvalue weighted by Crippen LogP contribution is -2.47. The third-order valence-corrected chi connectivity index (χ3v) is 5.10. The van der Waals surface area contributed by atoms with Gasteiger partial charge in [0.1, 0.15) is 0 Å². The average Bonchev–Trinajstić information content (AvgIpc) is 3.06. The summed E-state index contributed by atoms with van der Waals surface area (Å²) >= 11 is 1.77. The van der Waals surface area contributed by atoms with E-state index in [2.05, 4.69) is 33.6 Å². The number of hydrogen-bond donors (Lipinski definition) is 1. The van der Waals surface area contributed by atoms with Gasteiger partial charge in [-0.25, -0.2) is 4.98 Å². The zero-order valence-corrected chi connectivity index (χ0v) is 14.1. The van der Waals surface area contributed by atoms with E-state index in [1.165, 1.54) is 0 Å². The van der Waals surface area contributed by atoms with E-state index in [9.17, 15) is 4.79 Å². The van der Waals surface area contributed by atoms with E-state index in [4.69, 9.17) is 4.74 Å². The van der Waals surface area contributed by atoms with Crippen LogP contribution in [0.15, 0.2) is 11.4 Å². The highest BCUT2D eigenvalue weighted by molar-refractivity contribution is 7.99. The van der Waals surface area contributed by atoms with Gasteiger partial charge in [-0.2, -0.15) is 0 Å². The fourth-order valence-electron chi connectivity index (χ4n) is 2.85. The van der Waals surface area contributed by atoms with Gasteiger partial charge in [-0.1, -0.05) is 11.8 Å². The number of ether oxygens (including phenoxy) is 1. The molecule has 1 N–H and O–H groups in total. The van der Waals surface area contributed by atoms with Crippen molar-refractivity contribution in [3.05, 3.63) is 11.9 Å². The average molecular weight is 324 g/mol. The van der Waals surface area contributed by atoms with Crippen LogP contribution in [-0.2, 0) is 22.6 Å². The van der Waals surface area contributed by atoms with E-state index < -0.39 is 0 Å². The first-order chi connectivity index (χ1) is 10.6. The Morgan fingerprint density at radius 1 is 1.55 bits per heavy atom. The second-order valence-corrected chi connectivity index (χ2v) is 7.18. The maximum Gasteiger partial charge on any atom is 0.222 e. The molecule has 0 spiro atoms. The number of aromatic nitrogens is 2. The molecule has 0 aromatic carbocycles. The number of amides is 1. The molecule has 2 aliphatic heterocycles. The van der Waals surface area contributed by atoms with Gasteiger partial charge in [0.15, 0.2) is 5.16 Å². The van der Waals surface area contributed by atoms with Crippen molar-refractivity contribution in [3.8, 4) is 0 Å². The molecule has 122 valence electrons. The van der Waals surface area contributed by atoms with E-state index in [0.717, 1.165) is 36.2 Å². The lowest BCUT2D eigenvalue weighted by Gasteiger charge is -2.35. The molecule has 0 bridgehead atoms. The van der Waals surface area contributed by atoms with E-state index in [-0.39, 0.29) is 12.0 Å². The van der Waals surface area contributed by atoms with Crippen LogP contribution in [0.3, 0.4) is 0 Å². The lowest BCUT2D eigenvalue weighted by atomic mass is 10.1. The van der Waals surface area contributed by atoms with Gasteiger partial charge >= 0.3 is 0 Å². The molecule has 0 radical (unpaired) electrons. The maximum atomic E-state index is 12.1. The van der Waals surface area contributed by atoms with Gasteiger partial charge in [0.2, 0.25) is 5.91 Å². The van der Waals surface area contributed by atoms with Crippen LogP contribution in [-0.4, -0.2) is 58.0 Å². The van der Waals surface area contributed by atoms with Gasteiger partial charge in [-0.05, 0) is 13.8 Å². The number of hydrogen-bond acceptors (Lipinski definition) is 5. The fraction of sp³-hybridized carbons (Fsp3) is 0.733. The largest absolute Gasteiger partial charge is 0.375 e. The molecule has 22 heavy (non-hydrogen) atoms. The highest BCUT2D eigenvalue weighted by Gasteiger charge is 2.24. The topological polar surface area (TPSA) is 59.4 Å². The van der Waals surface area contributed by atoms with Crippen LogP contribution in [0.5, 0.6) is 0 Å². The fourth-order valence-corrected chi connectivity index (χ4v) is 3.81. The Bertz CT molecular complexity index is 510. The Hall–Kier alpha value is -1.05. The van der Waals surface area contributed by atoms with Gasteiger partial charge in [-0.3, -0.25) is 9.69 Å². The van der Waals surface area contributed by atoms with Crippen LogP contribution >= 0.6 is 11.8 Å². The SMILES string of the molecule is CC(C)N1CCOC(CC(=O)NCc2cn3c(n2)SCC3)C1. The van der Waals surface area contributed by atoms with Crippen molar-refractivity contribution in [2.24, 2.45) is 0 Å². The second-order valence-electron chi connectivity index (χ2n) is 6.12. The minimum absolute atomic E-state index is 0.00120. The predicted octanol–water partition coefficient (Wildman–Crippen LogP) is 1.10. The van der Waals surface area contributed by atoms with Crippen LogP contribution < -0.4 is 5.32 Å². The van der Waals surface area contributed by atoms with Crippen molar-refractivity contribution < 1.29 is 9.53 Å². The number of imidazole rings is 1. The molecule has 3 heterocycles. The number of nitrogens with zero attached hydrogens (tertiary/aromatic N) is 3. The molecule has 1 aromatic rings. The third-order valence-electron chi connectivity index (χ3n) is 4.13. The van der Waals surface area contributed by atoms with Gasteiger partial charge in [0.05, 0.1) is 31.4 Å². The number of fused-ring (bicyclic) bond motifs is 1. The molecule has 1 saturated heterocycles. The van der Waals surface area contributed by atoms with Crippen LogP contribution in [0.1, 0.15) is 26.0 Å². The highest BCUT2D eigenvalue weighted by Crippen LogP contribution is 2.24. The summed E-state index contributed by atoms with van der Waals surface area (Å²) in [6, 6.07) is 0.500. The smallest absolute Gasteiger partial charge is 0.222 e. The van der Waals surface area contributed by atoms with Crippen LogP contribution in [0.25, 0.3) is 0 Å². The molecule has 1 fully saturated rings. The summed E-state index contributed by atoms with van der Waals surface area (Å²) in [6.07, 6.45) is 2.46. The first-order valence-corrected chi connectivity index (χ1v) is 8.91. The molecule has 7 heteroatoms. The molecule has 6 nitrogen and oxygen atoms in total. The van der Waals surface area contributed by atoms with Crippen molar-refractivity contribution in [1.82, 2.24) is 19.8 Å². The van der Waals surface area contributed by atoms with Crippen LogP contribution in [0, 0.1) is 0 Å². The number of carbonyl (C=O) groups is 1. The lowest BCUT2D eigenvalue weighted by molar-refractivity contribution is -0.126. The van der Waals surface area contributed by atoms with Gasteiger partial charge in [0.25, 0.3) is 0 Å². The summed E-state index contributed by atoms with van der Waals surface area (Å²) in [7, 11) is 0. The van der Waals surface area contributed by atoms with Crippen molar-refractivity contribution in [3.63, 3.8) is 0 Å². The van der Waals surface area contributed by atoms with Crippen LogP contribution in [0.4, 0.5) is 0 Å². The number of carbonyl (C=O) groups excluding carboxylic acids is 1. The van der Waals surface area contributed by atoms with Crippen molar-refractivity contribution in [1.29, 1.82) is 0 Å². The molecule has 1 amide bonds. The normalized spacial score (nSPS) is 22.0. The third kappa shape index (κ3) is 3.83. The highest BCUT2D eigenvalue weighted by atomic mass is 32.2.